The lowest BCUT2D eigenvalue weighted by Gasteiger charge is -2.16. The molecule has 0 radical (unpaired) electrons. The minimum atomic E-state index is -0.0726. The van der Waals surface area contributed by atoms with Gasteiger partial charge in [-0.3, -0.25) is 4.79 Å². The Hall–Kier alpha value is -1.36. The summed E-state index contributed by atoms with van der Waals surface area (Å²) in [6.45, 7) is 4.35. The van der Waals surface area contributed by atoms with Gasteiger partial charge in [0.1, 0.15) is 12.4 Å². The van der Waals surface area contributed by atoms with Crippen molar-refractivity contribution in [2.75, 3.05) is 12.4 Å². The molecule has 0 aromatic heterocycles. The molecule has 2 aromatic carbocycles. The third kappa shape index (κ3) is 6.46. The second-order valence-electron chi connectivity index (χ2n) is 5.74. The first kappa shape index (κ1) is 20.0. The van der Waals surface area contributed by atoms with E-state index in [2.05, 4.69) is 5.32 Å². The van der Waals surface area contributed by atoms with Crippen molar-refractivity contribution in [3.05, 3.63) is 63.6 Å². The largest absolute Gasteiger partial charge is 0.491 e. The molecule has 0 heterocycles. The molecule has 0 fully saturated rings. The predicted octanol–water partition coefficient (Wildman–Crippen LogP) is 5.12. The van der Waals surface area contributed by atoms with Crippen molar-refractivity contribution >= 4 is 40.9 Å². The first-order chi connectivity index (χ1) is 12.0. The zero-order valence-corrected chi connectivity index (χ0v) is 16.5. The first-order valence-corrected chi connectivity index (χ1v) is 9.87. The van der Waals surface area contributed by atoms with E-state index in [-0.39, 0.29) is 11.9 Å². The zero-order valence-electron chi connectivity index (χ0n) is 14.2. The molecule has 3 nitrogen and oxygen atoms in total. The molecule has 2 aromatic rings. The smallest absolute Gasteiger partial charge is 0.230 e. The van der Waals surface area contributed by atoms with Gasteiger partial charge in [-0.15, -0.1) is 11.8 Å². The van der Waals surface area contributed by atoms with Crippen LogP contribution in [-0.2, 0) is 10.5 Å². The van der Waals surface area contributed by atoms with E-state index in [0.29, 0.717) is 28.2 Å². The van der Waals surface area contributed by atoms with Gasteiger partial charge in [-0.1, -0.05) is 47.5 Å². The van der Waals surface area contributed by atoms with E-state index in [0.717, 1.165) is 16.9 Å². The van der Waals surface area contributed by atoms with E-state index in [4.69, 9.17) is 27.9 Å². The molecule has 0 bridgehead atoms. The van der Waals surface area contributed by atoms with Crippen LogP contribution < -0.4 is 10.1 Å². The monoisotopic (exact) mass is 397 g/mol. The minimum absolute atomic E-state index is 0.0333. The summed E-state index contributed by atoms with van der Waals surface area (Å²) in [6, 6.07) is 13.2. The van der Waals surface area contributed by atoms with Crippen LogP contribution in [0.15, 0.2) is 42.5 Å². The van der Waals surface area contributed by atoms with Crippen molar-refractivity contribution < 1.29 is 9.53 Å². The highest BCUT2D eigenvalue weighted by Crippen LogP contribution is 2.28. The Bertz CT molecular complexity index is 704. The Labute approximate surface area is 163 Å². The van der Waals surface area contributed by atoms with Crippen LogP contribution in [-0.4, -0.2) is 24.3 Å². The summed E-state index contributed by atoms with van der Waals surface area (Å²) < 4.78 is 5.75. The van der Waals surface area contributed by atoms with Gasteiger partial charge in [0, 0.05) is 15.8 Å². The molecule has 1 N–H and O–H groups in total. The minimum Gasteiger partial charge on any atom is -0.491 e. The number of halogens is 2. The average molecular weight is 398 g/mol. The number of thioether (sulfide) groups is 1. The normalized spacial score (nSPS) is 11.8. The predicted molar refractivity (Wildman–Crippen MR) is 107 cm³/mol. The summed E-state index contributed by atoms with van der Waals surface area (Å²) in [4.78, 5) is 12.0. The molecule has 0 aliphatic rings. The fourth-order valence-corrected chi connectivity index (χ4v) is 3.78. The highest BCUT2D eigenvalue weighted by atomic mass is 35.5. The second kappa shape index (κ2) is 9.95. The molecule has 1 atom stereocenters. The van der Waals surface area contributed by atoms with Crippen molar-refractivity contribution in [1.82, 2.24) is 5.32 Å². The van der Waals surface area contributed by atoms with Gasteiger partial charge in [-0.25, -0.2) is 0 Å². The summed E-state index contributed by atoms with van der Waals surface area (Å²) in [5.74, 6) is 1.75. The number of hydrogen-bond donors (Lipinski definition) is 1. The molecule has 134 valence electrons. The van der Waals surface area contributed by atoms with Gasteiger partial charge < -0.3 is 10.1 Å². The molecule has 25 heavy (non-hydrogen) atoms. The SMILES string of the molecule is Cc1ccccc1OC[C@@H](C)NC(=O)CSCc1c(Cl)cccc1Cl. The van der Waals surface area contributed by atoms with Gasteiger partial charge in [-0.2, -0.15) is 0 Å². The molecular formula is C19H21Cl2NO2S. The summed E-state index contributed by atoms with van der Waals surface area (Å²) in [5, 5.41) is 4.19. The molecule has 0 saturated heterocycles. The van der Waals surface area contributed by atoms with Crippen molar-refractivity contribution in [3.63, 3.8) is 0 Å². The Balaban J connectivity index is 1.72. The average Bonchev–Trinajstić information content (AvgIpc) is 2.57. The van der Waals surface area contributed by atoms with Gasteiger partial charge in [0.2, 0.25) is 5.91 Å². The van der Waals surface area contributed by atoms with Crippen molar-refractivity contribution in [3.8, 4) is 5.75 Å². The van der Waals surface area contributed by atoms with E-state index >= 15 is 0 Å². The lowest BCUT2D eigenvalue weighted by molar-refractivity contribution is -0.119. The topological polar surface area (TPSA) is 38.3 Å². The molecular weight excluding hydrogens is 377 g/mol. The van der Waals surface area contributed by atoms with Gasteiger partial charge in [0.15, 0.2) is 0 Å². The highest BCUT2D eigenvalue weighted by Gasteiger charge is 2.11. The number of para-hydroxylation sites is 1. The first-order valence-electron chi connectivity index (χ1n) is 7.95. The van der Waals surface area contributed by atoms with Crippen LogP contribution in [0.3, 0.4) is 0 Å². The lowest BCUT2D eigenvalue weighted by Crippen LogP contribution is -2.37. The van der Waals surface area contributed by atoms with Crippen molar-refractivity contribution in [2.45, 2.75) is 25.6 Å². The third-order valence-electron chi connectivity index (χ3n) is 3.53. The number of carbonyl (C=O) groups is 1. The Morgan fingerprint density at radius 1 is 1.16 bits per heavy atom. The number of aryl methyl sites for hydroxylation is 1. The van der Waals surface area contributed by atoms with Gasteiger partial charge in [0.05, 0.1) is 11.8 Å². The molecule has 2 rings (SSSR count). The zero-order chi connectivity index (χ0) is 18.2. The summed E-state index contributed by atoms with van der Waals surface area (Å²) in [6.07, 6.45) is 0. The fraction of sp³-hybridized carbons (Fsp3) is 0.316. The molecule has 0 spiro atoms. The van der Waals surface area contributed by atoms with Crippen molar-refractivity contribution in [2.24, 2.45) is 0 Å². The third-order valence-corrected chi connectivity index (χ3v) is 5.20. The van der Waals surface area contributed by atoms with Crippen LogP contribution in [0.2, 0.25) is 10.0 Å². The van der Waals surface area contributed by atoms with Gasteiger partial charge in [0.25, 0.3) is 0 Å². The van der Waals surface area contributed by atoms with Gasteiger partial charge in [-0.05, 0) is 43.2 Å². The standard InChI is InChI=1S/C19H21Cl2NO2S/c1-13-6-3-4-9-18(13)24-10-14(2)22-19(23)12-25-11-15-16(20)7-5-8-17(15)21/h3-9,14H,10-12H2,1-2H3,(H,22,23)/t14-/m1/s1. The Morgan fingerprint density at radius 3 is 2.52 bits per heavy atom. The summed E-state index contributed by atoms with van der Waals surface area (Å²) in [5.41, 5.74) is 1.94. The molecule has 0 aliphatic heterocycles. The van der Waals surface area contributed by atoms with Crippen LogP contribution in [0.25, 0.3) is 0 Å². The molecule has 0 unspecified atom stereocenters. The molecule has 6 heteroatoms. The van der Waals surface area contributed by atoms with E-state index in [1.807, 2.05) is 44.2 Å². The van der Waals surface area contributed by atoms with E-state index in [1.54, 1.807) is 12.1 Å². The highest BCUT2D eigenvalue weighted by molar-refractivity contribution is 7.99. The summed E-state index contributed by atoms with van der Waals surface area (Å²) in [7, 11) is 0. The number of rotatable bonds is 8. The number of nitrogens with one attached hydrogen (secondary N) is 1. The van der Waals surface area contributed by atoms with Crippen LogP contribution in [0.1, 0.15) is 18.1 Å². The molecule has 1 amide bonds. The quantitative estimate of drug-likeness (QED) is 0.671. The van der Waals surface area contributed by atoms with Crippen LogP contribution in [0.5, 0.6) is 5.75 Å². The van der Waals surface area contributed by atoms with Crippen LogP contribution in [0, 0.1) is 6.92 Å². The van der Waals surface area contributed by atoms with E-state index in [9.17, 15) is 4.79 Å². The Morgan fingerprint density at radius 2 is 1.84 bits per heavy atom. The van der Waals surface area contributed by atoms with Crippen LogP contribution in [0.4, 0.5) is 0 Å². The van der Waals surface area contributed by atoms with Gasteiger partial charge >= 0.3 is 0 Å². The molecule has 0 aliphatic carbocycles. The lowest BCUT2D eigenvalue weighted by atomic mass is 10.2. The number of hydrogen-bond acceptors (Lipinski definition) is 3. The summed E-state index contributed by atoms with van der Waals surface area (Å²) >= 11 is 13.7. The fourth-order valence-electron chi connectivity index (χ4n) is 2.21. The van der Waals surface area contributed by atoms with E-state index in [1.165, 1.54) is 11.8 Å². The number of amides is 1. The maximum atomic E-state index is 12.0. The maximum Gasteiger partial charge on any atom is 0.230 e. The van der Waals surface area contributed by atoms with Crippen LogP contribution >= 0.6 is 35.0 Å². The maximum absolute atomic E-state index is 12.0. The number of benzene rings is 2. The van der Waals surface area contributed by atoms with E-state index < -0.39 is 0 Å². The Kier molecular flexibility index (Phi) is 7.94. The molecule has 0 saturated carbocycles. The van der Waals surface area contributed by atoms with Crippen molar-refractivity contribution in [1.29, 1.82) is 0 Å². The second-order valence-corrected chi connectivity index (χ2v) is 7.54. The number of ether oxygens (including phenoxy) is 1. The number of carbonyl (C=O) groups excluding carboxylic acids is 1.